The van der Waals surface area contributed by atoms with E-state index < -0.39 is 0 Å². The third-order valence-electron chi connectivity index (χ3n) is 2.68. The molecule has 0 unspecified atom stereocenters. The van der Waals surface area contributed by atoms with Crippen LogP contribution in [0.15, 0.2) is 52.2 Å². The Hall–Kier alpha value is -2.76. The van der Waals surface area contributed by atoms with E-state index in [0.29, 0.717) is 5.56 Å². The molecule has 0 saturated carbocycles. The van der Waals surface area contributed by atoms with Gasteiger partial charge in [0.1, 0.15) is 0 Å². The molecule has 18 heavy (non-hydrogen) atoms. The number of hydrogen-bond donors (Lipinski definition) is 2. The lowest BCUT2D eigenvalue weighted by molar-refractivity contribution is 0.436. The van der Waals surface area contributed by atoms with Crippen molar-refractivity contribution in [1.29, 1.82) is 0 Å². The normalized spacial score (nSPS) is 10.7. The van der Waals surface area contributed by atoms with Crippen LogP contribution >= 0.6 is 0 Å². The molecule has 90 valence electrons. The van der Waals surface area contributed by atoms with Gasteiger partial charge >= 0.3 is 5.69 Å². The smallest absolute Gasteiger partial charge is 0.330 e. The summed E-state index contributed by atoms with van der Waals surface area (Å²) in [5.74, 6) is 0.258. The van der Waals surface area contributed by atoms with Gasteiger partial charge in [-0.05, 0) is 17.7 Å². The van der Waals surface area contributed by atoms with Crippen LogP contribution in [0.2, 0.25) is 0 Å². The van der Waals surface area contributed by atoms with Gasteiger partial charge in [-0.15, -0.1) is 0 Å². The lowest BCUT2D eigenvalue weighted by Gasteiger charge is -2.03. The zero-order valence-electron chi connectivity index (χ0n) is 9.33. The average molecular weight is 242 g/mol. The molecule has 0 radical (unpaired) electrons. The number of nitrogens with one attached hydrogen (secondary N) is 1. The highest BCUT2D eigenvalue weighted by Crippen LogP contribution is 2.26. The van der Waals surface area contributed by atoms with Crippen LogP contribution in [0.1, 0.15) is 0 Å². The maximum absolute atomic E-state index is 11.5. The Bertz CT molecular complexity index is 738. The number of anilines is 1. The number of nitrogens with zero attached hydrogens (tertiary/aromatic N) is 2. The number of imidazole rings is 1. The average Bonchev–Trinajstić information content (AvgIpc) is 2.98. The third-order valence-corrected chi connectivity index (χ3v) is 2.68. The fraction of sp³-hybridized carbons (Fsp3) is 0. The minimum Gasteiger partial charge on any atom is -0.367 e. The van der Waals surface area contributed by atoms with Gasteiger partial charge in [-0.3, -0.25) is 4.57 Å². The number of H-pyrrole nitrogens is 1. The molecule has 0 aliphatic rings. The quantitative estimate of drug-likeness (QED) is 0.710. The molecule has 3 N–H and O–H groups in total. The van der Waals surface area contributed by atoms with Crippen molar-refractivity contribution in [2.75, 3.05) is 5.73 Å². The van der Waals surface area contributed by atoms with Gasteiger partial charge < -0.3 is 15.2 Å². The first-order valence-corrected chi connectivity index (χ1v) is 5.33. The molecule has 0 spiro atoms. The molecule has 1 aromatic carbocycles. The van der Waals surface area contributed by atoms with Crippen LogP contribution in [0.3, 0.4) is 0 Å². The van der Waals surface area contributed by atoms with Crippen molar-refractivity contribution in [3.63, 3.8) is 0 Å². The van der Waals surface area contributed by atoms with E-state index in [0.717, 1.165) is 11.3 Å². The van der Waals surface area contributed by atoms with E-state index in [-0.39, 0.29) is 11.6 Å². The molecular weight excluding hydrogens is 232 g/mol. The van der Waals surface area contributed by atoms with Crippen LogP contribution in [0.4, 0.5) is 5.88 Å². The predicted octanol–water partition coefficient (Wildman–Crippen LogP) is 1.40. The van der Waals surface area contributed by atoms with E-state index in [9.17, 15) is 4.79 Å². The summed E-state index contributed by atoms with van der Waals surface area (Å²) in [6.45, 7) is 0. The van der Waals surface area contributed by atoms with Gasteiger partial charge in [0.15, 0.2) is 0 Å². The van der Waals surface area contributed by atoms with E-state index >= 15 is 0 Å². The first-order valence-electron chi connectivity index (χ1n) is 5.33. The second-order valence-corrected chi connectivity index (χ2v) is 3.79. The molecule has 0 aliphatic heterocycles. The number of aromatic amines is 1. The first-order chi connectivity index (χ1) is 8.75. The van der Waals surface area contributed by atoms with Gasteiger partial charge in [-0.2, -0.15) is 0 Å². The van der Waals surface area contributed by atoms with Crippen LogP contribution in [0.25, 0.3) is 16.8 Å². The van der Waals surface area contributed by atoms with Gasteiger partial charge in [-0.1, -0.05) is 17.3 Å². The molecule has 3 aromatic rings. The highest BCUT2D eigenvalue weighted by molar-refractivity contribution is 5.73. The molecule has 0 amide bonds. The summed E-state index contributed by atoms with van der Waals surface area (Å²) in [5.41, 5.74) is 7.78. The fourth-order valence-electron chi connectivity index (χ4n) is 1.81. The Morgan fingerprint density at radius 1 is 1.39 bits per heavy atom. The van der Waals surface area contributed by atoms with Gasteiger partial charge in [0.2, 0.25) is 5.88 Å². The number of nitrogens with two attached hydrogens (primary N) is 1. The molecule has 2 aromatic heterocycles. The monoisotopic (exact) mass is 242 g/mol. The van der Waals surface area contributed by atoms with Crippen molar-refractivity contribution < 1.29 is 4.52 Å². The van der Waals surface area contributed by atoms with Crippen LogP contribution in [0.5, 0.6) is 0 Å². The minimum absolute atomic E-state index is 0.189. The summed E-state index contributed by atoms with van der Waals surface area (Å²) in [6.07, 6.45) is 4.80. The largest absolute Gasteiger partial charge is 0.367 e. The summed E-state index contributed by atoms with van der Waals surface area (Å²) >= 11 is 0. The fourth-order valence-corrected chi connectivity index (χ4v) is 1.81. The van der Waals surface area contributed by atoms with Crippen LogP contribution < -0.4 is 11.4 Å². The molecular formula is C12H10N4O2. The molecule has 0 atom stereocenters. The summed E-state index contributed by atoms with van der Waals surface area (Å²) in [7, 11) is 0. The van der Waals surface area contributed by atoms with E-state index in [1.54, 1.807) is 18.6 Å². The van der Waals surface area contributed by atoms with E-state index in [1.807, 2.05) is 24.3 Å². The lowest BCUT2D eigenvalue weighted by atomic mass is 10.1. The number of rotatable bonds is 2. The topological polar surface area (TPSA) is 89.8 Å². The Labute approximate surface area is 102 Å². The van der Waals surface area contributed by atoms with E-state index in [1.165, 1.54) is 4.57 Å². The zero-order valence-corrected chi connectivity index (χ0v) is 9.33. The maximum atomic E-state index is 11.5. The second-order valence-electron chi connectivity index (χ2n) is 3.79. The molecule has 0 bridgehead atoms. The second kappa shape index (κ2) is 3.92. The minimum atomic E-state index is -0.189. The van der Waals surface area contributed by atoms with E-state index in [2.05, 4.69) is 10.1 Å². The number of aromatic nitrogens is 3. The SMILES string of the molecule is Nc1oncc1-c1cccc(-n2cc[nH]c2=O)c1. The Balaban J connectivity index is 2.13. The zero-order chi connectivity index (χ0) is 12.5. The van der Waals surface area contributed by atoms with E-state index in [4.69, 9.17) is 10.3 Å². The summed E-state index contributed by atoms with van der Waals surface area (Å²) in [6, 6.07) is 7.40. The molecule has 3 rings (SSSR count). The Morgan fingerprint density at radius 2 is 2.28 bits per heavy atom. The molecule has 0 saturated heterocycles. The van der Waals surface area contributed by atoms with Gasteiger partial charge in [0, 0.05) is 12.4 Å². The summed E-state index contributed by atoms with van der Waals surface area (Å²) in [5, 5.41) is 3.63. The lowest BCUT2D eigenvalue weighted by Crippen LogP contribution is -2.13. The number of nitrogen functional groups attached to an aromatic ring is 1. The highest BCUT2D eigenvalue weighted by atomic mass is 16.5. The van der Waals surface area contributed by atoms with Crippen molar-refractivity contribution in [3.05, 3.63) is 53.3 Å². The Morgan fingerprint density at radius 3 is 2.94 bits per heavy atom. The number of hydrogen-bond acceptors (Lipinski definition) is 4. The van der Waals surface area contributed by atoms with Gasteiger partial charge in [0.25, 0.3) is 0 Å². The number of benzene rings is 1. The maximum Gasteiger partial charge on any atom is 0.330 e. The molecule has 0 aliphatic carbocycles. The summed E-state index contributed by atoms with van der Waals surface area (Å²) < 4.78 is 6.33. The van der Waals surface area contributed by atoms with Crippen molar-refractivity contribution >= 4 is 5.88 Å². The van der Waals surface area contributed by atoms with Crippen molar-refractivity contribution in [3.8, 4) is 16.8 Å². The Kier molecular flexibility index (Phi) is 2.26. The molecule has 6 heteroatoms. The first kappa shape index (κ1) is 10.4. The predicted molar refractivity (Wildman–Crippen MR) is 66.3 cm³/mol. The highest BCUT2D eigenvalue weighted by Gasteiger charge is 2.08. The van der Waals surface area contributed by atoms with Crippen LogP contribution in [0, 0.1) is 0 Å². The molecule has 2 heterocycles. The van der Waals surface area contributed by atoms with Gasteiger partial charge in [0.05, 0.1) is 17.4 Å². The van der Waals surface area contributed by atoms with Crippen LogP contribution in [-0.4, -0.2) is 14.7 Å². The van der Waals surface area contributed by atoms with Crippen molar-refractivity contribution in [2.24, 2.45) is 0 Å². The molecule has 6 nitrogen and oxygen atoms in total. The van der Waals surface area contributed by atoms with Crippen LogP contribution in [-0.2, 0) is 0 Å². The van der Waals surface area contributed by atoms with Crippen molar-refractivity contribution in [2.45, 2.75) is 0 Å². The third kappa shape index (κ3) is 1.60. The van der Waals surface area contributed by atoms with Crippen molar-refractivity contribution in [1.82, 2.24) is 14.7 Å². The molecule has 0 fully saturated rings. The summed E-state index contributed by atoms with van der Waals surface area (Å²) in [4.78, 5) is 14.1. The standard InChI is InChI=1S/C12H10N4O2/c13-11-10(7-15-18-11)8-2-1-3-9(6-8)16-5-4-14-12(16)17/h1-7H,13H2,(H,14,17). The van der Waals surface area contributed by atoms with Gasteiger partial charge in [-0.25, -0.2) is 4.79 Å².